The summed E-state index contributed by atoms with van der Waals surface area (Å²) in [6.45, 7) is 3.08. The molecule has 9 heteroatoms. The summed E-state index contributed by atoms with van der Waals surface area (Å²) in [5, 5.41) is 3.20. The molecule has 1 fully saturated rings. The third-order valence-corrected chi connectivity index (χ3v) is 5.23. The summed E-state index contributed by atoms with van der Waals surface area (Å²) in [6, 6.07) is 21.3. The van der Waals surface area contributed by atoms with Crippen molar-refractivity contribution in [1.82, 2.24) is 19.9 Å². The summed E-state index contributed by atoms with van der Waals surface area (Å²) in [6.07, 6.45) is 1.76. The summed E-state index contributed by atoms with van der Waals surface area (Å²) in [7, 11) is 1.53. The van der Waals surface area contributed by atoms with Crippen LogP contribution in [-0.2, 0) is 4.74 Å². The molecule has 0 radical (unpaired) electrons. The summed E-state index contributed by atoms with van der Waals surface area (Å²) in [4.78, 5) is 20.1. The predicted octanol–water partition coefficient (Wildman–Crippen LogP) is 4.31. The van der Waals surface area contributed by atoms with E-state index in [9.17, 15) is 0 Å². The number of methoxy groups -OCH3 is 1. The largest absolute Gasteiger partial charge is 0.467 e. The molecule has 1 aliphatic heterocycles. The molecule has 1 aliphatic rings. The van der Waals surface area contributed by atoms with Crippen LogP contribution in [0.15, 0.2) is 72.9 Å². The Hall–Kier alpha value is -4.24. The van der Waals surface area contributed by atoms with E-state index in [1.165, 1.54) is 7.11 Å². The maximum atomic E-state index is 5.84. The van der Waals surface area contributed by atoms with E-state index in [4.69, 9.17) is 14.2 Å². The monoisotopic (exact) mass is 456 g/mol. The topological polar surface area (TPSA) is 94.5 Å². The first-order valence-electron chi connectivity index (χ1n) is 11.0. The lowest BCUT2D eigenvalue weighted by Gasteiger charge is -2.27. The number of aromatic nitrogens is 4. The van der Waals surface area contributed by atoms with E-state index in [1.807, 2.05) is 66.7 Å². The van der Waals surface area contributed by atoms with Crippen LogP contribution in [0.3, 0.4) is 0 Å². The molecule has 4 aromatic rings. The van der Waals surface area contributed by atoms with Gasteiger partial charge >= 0.3 is 6.01 Å². The SMILES string of the molecule is COc1nc(Nc2ccc(Oc3ccccc3)cc2)nc(-c2ccc(N3CCOCC3)nc2)n1. The third-order valence-electron chi connectivity index (χ3n) is 5.23. The Kier molecular flexibility index (Phi) is 6.44. The van der Waals surface area contributed by atoms with Gasteiger partial charge < -0.3 is 24.4 Å². The predicted molar refractivity (Wildman–Crippen MR) is 129 cm³/mol. The van der Waals surface area contributed by atoms with Gasteiger partial charge in [-0.1, -0.05) is 18.2 Å². The highest BCUT2D eigenvalue weighted by molar-refractivity contribution is 5.61. The average molecular weight is 457 g/mol. The molecule has 5 rings (SSSR count). The highest BCUT2D eigenvalue weighted by atomic mass is 16.5. The highest BCUT2D eigenvalue weighted by Crippen LogP contribution is 2.25. The van der Waals surface area contributed by atoms with Crippen LogP contribution >= 0.6 is 0 Å². The van der Waals surface area contributed by atoms with Crippen LogP contribution in [0.1, 0.15) is 0 Å². The van der Waals surface area contributed by atoms with Crippen molar-refractivity contribution in [3.63, 3.8) is 0 Å². The van der Waals surface area contributed by atoms with E-state index in [2.05, 4.69) is 30.2 Å². The number of benzene rings is 2. The molecule has 172 valence electrons. The molecule has 0 aliphatic carbocycles. The summed E-state index contributed by atoms with van der Waals surface area (Å²) < 4.78 is 16.5. The van der Waals surface area contributed by atoms with Crippen LogP contribution in [0.5, 0.6) is 17.5 Å². The lowest BCUT2D eigenvalue weighted by atomic mass is 10.2. The first kappa shape index (κ1) is 21.6. The molecule has 2 aromatic carbocycles. The zero-order chi connectivity index (χ0) is 23.2. The Labute approximate surface area is 197 Å². The Morgan fingerprint density at radius 1 is 0.853 bits per heavy atom. The molecule has 0 unspecified atom stereocenters. The fourth-order valence-electron chi connectivity index (χ4n) is 3.49. The smallest absolute Gasteiger partial charge is 0.321 e. The molecule has 0 spiro atoms. The molecular weight excluding hydrogens is 432 g/mol. The highest BCUT2D eigenvalue weighted by Gasteiger charge is 2.14. The number of pyridine rings is 1. The standard InChI is InChI=1S/C25H24N6O3/c1-32-25-29-23(18-7-12-22(26-17-18)31-13-15-33-16-14-31)28-24(30-25)27-19-8-10-21(11-9-19)34-20-5-3-2-4-6-20/h2-12,17H,13-16H2,1H3,(H,27,28,29,30). The van der Waals surface area contributed by atoms with Crippen LogP contribution in [0.2, 0.25) is 0 Å². The van der Waals surface area contributed by atoms with E-state index >= 15 is 0 Å². The normalized spacial score (nSPS) is 13.4. The second-order valence-electron chi connectivity index (χ2n) is 7.54. The van der Waals surface area contributed by atoms with Crippen molar-refractivity contribution in [3.8, 4) is 28.9 Å². The van der Waals surface area contributed by atoms with Gasteiger partial charge in [0.1, 0.15) is 17.3 Å². The number of nitrogens with zero attached hydrogens (tertiary/aromatic N) is 5. The molecule has 34 heavy (non-hydrogen) atoms. The number of hydrogen-bond donors (Lipinski definition) is 1. The summed E-state index contributed by atoms with van der Waals surface area (Å²) in [5.41, 5.74) is 1.58. The maximum Gasteiger partial charge on any atom is 0.321 e. The molecule has 0 amide bonds. The lowest BCUT2D eigenvalue weighted by molar-refractivity contribution is 0.122. The molecule has 0 bridgehead atoms. The average Bonchev–Trinajstić information content (AvgIpc) is 2.91. The zero-order valence-corrected chi connectivity index (χ0v) is 18.7. The minimum atomic E-state index is 0.216. The molecule has 1 N–H and O–H groups in total. The number of hydrogen-bond acceptors (Lipinski definition) is 9. The number of morpholine rings is 1. The van der Waals surface area contributed by atoms with Crippen LogP contribution in [0, 0.1) is 0 Å². The summed E-state index contributed by atoms with van der Waals surface area (Å²) in [5.74, 6) is 3.26. The van der Waals surface area contributed by atoms with Crippen molar-refractivity contribution >= 4 is 17.5 Å². The van der Waals surface area contributed by atoms with Gasteiger partial charge in [-0.2, -0.15) is 15.0 Å². The lowest BCUT2D eigenvalue weighted by Crippen LogP contribution is -2.36. The Bertz CT molecular complexity index is 1210. The number of ether oxygens (including phenoxy) is 3. The van der Waals surface area contributed by atoms with Gasteiger partial charge in [-0.05, 0) is 48.5 Å². The van der Waals surface area contributed by atoms with Crippen molar-refractivity contribution in [1.29, 1.82) is 0 Å². The quantitative estimate of drug-likeness (QED) is 0.436. The number of anilines is 3. The minimum Gasteiger partial charge on any atom is -0.467 e. The molecule has 0 saturated carbocycles. The van der Waals surface area contributed by atoms with Crippen molar-refractivity contribution in [2.24, 2.45) is 0 Å². The van der Waals surface area contributed by atoms with E-state index in [0.717, 1.165) is 41.7 Å². The van der Waals surface area contributed by atoms with Gasteiger partial charge in [0.15, 0.2) is 5.82 Å². The van der Waals surface area contributed by atoms with Crippen molar-refractivity contribution < 1.29 is 14.2 Å². The van der Waals surface area contributed by atoms with Crippen molar-refractivity contribution in [2.75, 3.05) is 43.6 Å². The van der Waals surface area contributed by atoms with Gasteiger partial charge in [-0.3, -0.25) is 0 Å². The number of nitrogens with one attached hydrogen (secondary N) is 1. The van der Waals surface area contributed by atoms with Crippen molar-refractivity contribution in [2.45, 2.75) is 0 Å². The number of rotatable bonds is 7. The molecule has 1 saturated heterocycles. The first-order chi connectivity index (χ1) is 16.8. The zero-order valence-electron chi connectivity index (χ0n) is 18.7. The molecule has 3 heterocycles. The first-order valence-corrected chi connectivity index (χ1v) is 11.0. The Morgan fingerprint density at radius 2 is 1.62 bits per heavy atom. The molecule has 9 nitrogen and oxygen atoms in total. The second-order valence-corrected chi connectivity index (χ2v) is 7.54. The molecular formula is C25H24N6O3. The van der Waals surface area contributed by atoms with Gasteiger partial charge in [0.25, 0.3) is 0 Å². The van der Waals surface area contributed by atoms with Crippen LogP contribution in [0.4, 0.5) is 17.5 Å². The Morgan fingerprint density at radius 3 is 2.32 bits per heavy atom. The fraction of sp³-hybridized carbons (Fsp3) is 0.200. The fourth-order valence-corrected chi connectivity index (χ4v) is 3.49. The van der Waals surface area contributed by atoms with E-state index < -0.39 is 0 Å². The minimum absolute atomic E-state index is 0.216. The molecule has 0 atom stereocenters. The van der Waals surface area contributed by atoms with Gasteiger partial charge in [0, 0.05) is 30.5 Å². The van der Waals surface area contributed by atoms with Gasteiger partial charge in [0.05, 0.1) is 20.3 Å². The number of para-hydroxylation sites is 1. The van der Waals surface area contributed by atoms with E-state index in [0.29, 0.717) is 25.0 Å². The second kappa shape index (κ2) is 10.1. The van der Waals surface area contributed by atoms with Gasteiger partial charge in [0.2, 0.25) is 5.95 Å². The van der Waals surface area contributed by atoms with Crippen molar-refractivity contribution in [3.05, 3.63) is 72.9 Å². The van der Waals surface area contributed by atoms with Crippen LogP contribution in [0.25, 0.3) is 11.4 Å². The Balaban J connectivity index is 1.32. The van der Waals surface area contributed by atoms with E-state index in [1.54, 1.807) is 6.20 Å². The maximum absolute atomic E-state index is 5.84. The summed E-state index contributed by atoms with van der Waals surface area (Å²) >= 11 is 0. The molecule has 2 aromatic heterocycles. The van der Waals surface area contributed by atoms with Gasteiger partial charge in [-0.15, -0.1) is 0 Å². The van der Waals surface area contributed by atoms with Crippen LogP contribution < -0.4 is 19.7 Å². The van der Waals surface area contributed by atoms with Crippen LogP contribution in [-0.4, -0.2) is 53.3 Å². The van der Waals surface area contributed by atoms with E-state index in [-0.39, 0.29) is 6.01 Å². The van der Waals surface area contributed by atoms with Gasteiger partial charge in [-0.25, -0.2) is 4.98 Å². The third kappa shape index (κ3) is 5.21.